The van der Waals surface area contributed by atoms with Gasteiger partial charge in [-0.25, -0.2) is 0 Å². The lowest BCUT2D eigenvalue weighted by molar-refractivity contribution is -0.154. The molecule has 31 heavy (non-hydrogen) atoms. The van der Waals surface area contributed by atoms with Crippen LogP contribution in [0.3, 0.4) is 0 Å². The van der Waals surface area contributed by atoms with Crippen LogP contribution in [-0.4, -0.2) is 31.6 Å². The van der Waals surface area contributed by atoms with Crippen molar-refractivity contribution in [1.29, 1.82) is 0 Å². The average Bonchev–Trinajstić information content (AvgIpc) is 2.81. The van der Waals surface area contributed by atoms with Gasteiger partial charge in [0.15, 0.2) is 6.29 Å². The second-order valence-electron chi connectivity index (χ2n) is 7.32. The van der Waals surface area contributed by atoms with Crippen molar-refractivity contribution in [3.05, 3.63) is 64.3 Å². The number of anilines is 1. The van der Waals surface area contributed by atoms with E-state index in [1.54, 1.807) is 7.11 Å². The van der Waals surface area contributed by atoms with Crippen LogP contribution in [0.5, 0.6) is 5.75 Å². The minimum atomic E-state index is -0.136. The molecule has 2 aromatic carbocycles. The van der Waals surface area contributed by atoms with Crippen molar-refractivity contribution in [1.82, 2.24) is 4.98 Å². The summed E-state index contributed by atoms with van der Waals surface area (Å²) in [4.78, 5) is 4.59. The Morgan fingerprint density at radius 3 is 2.84 bits per heavy atom. The molecule has 0 bridgehead atoms. The molecular formula is C25H25BrN2O3. The Morgan fingerprint density at radius 2 is 2.06 bits per heavy atom. The van der Waals surface area contributed by atoms with Crippen LogP contribution in [0.4, 0.5) is 5.69 Å². The normalized spacial score (nSPS) is 15.9. The van der Waals surface area contributed by atoms with Gasteiger partial charge in [-0.2, -0.15) is 0 Å². The van der Waals surface area contributed by atoms with E-state index in [4.69, 9.17) is 14.2 Å². The fourth-order valence-electron chi connectivity index (χ4n) is 3.49. The zero-order chi connectivity index (χ0) is 21.5. The van der Waals surface area contributed by atoms with Crippen LogP contribution in [0.2, 0.25) is 0 Å². The molecule has 1 aliphatic rings. The lowest BCUT2D eigenvalue weighted by Crippen LogP contribution is -2.22. The Labute approximate surface area is 191 Å². The Morgan fingerprint density at radius 1 is 1.19 bits per heavy atom. The molecule has 1 unspecified atom stereocenters. The van der Waals surface area contributed by atoms with Crippen molar-refractivity contribution in [3.63, 3.8) is 0 Å². The van der Waals surface area contributed by atoms with Crippen molar-refractivity contribution >= 4 is 32.5 Å². The molecule has 0 spiro atoms. The summed E-state index contributed by atoms with van der Waals surface area (Å²) in [5.74, 6) is 7.19. The highest BCUT2D eigenvalue weighted by molar-refractivity contribution is 9.10. The third kappa shape index (κ3) is 5.76. The summed E-state index contributed by atoms with van der Waals surface area (Å²) in [6, 6.07) is 14.1. The first-order valence-corrected chi connectivity index (χ1v) is 11.2. The SMILES string of the molecule is COc1ccc(CNc2c(C#CCOC3CCCCO3)cnc3cc(Br)ccc23)cc1. The van der Waals surface area contributed by atoms with E-state index in [0.717, 1.165) is 63.8 Å². The van der Waals surface area contributed by atoms with Gasteiger partial charge in [-0.05, 0) is 55.2 Å². The molecule has 6 heteroatoms. The molecule has 1 aliphatic heterocycles. The number of benzene rings is 2. The van der Waals surface area contributed by atoms with Crippen LogP contribution in [0, 0.1) is 11.8 Å². The van der Waals surface area contributed by atoms with Crippen LogP contribution < -0.4 is 10.1 Å². The molecule has 1 saturated heterocycles. The molecule has 0 saturated carbocycles. The number of pyridine rings is 1. The summed E-state index contributed by atoms with van der Waals surface area (Å²) in [7, 11) is 1.67. The van der Waals surface area contributed by atoms with E-state index in [1.807, 2.05) is 30.5 Å². The van der Waals surface area contributed by atoms with Gasteiger partial charge in [0, 0.05) is 29.2 Å². The molecule has 1 atom stereocenters. The summed E-state index contributed by atoms with van der Waals surface area (Å²) in [5.41, 5.74) is 3.87. The summed E-state index contributed by atoms with van der Waals surface area (Å²) in [5, 5.41) is 4.58. The molecule has 3 aromatic rings. The van der Waals surface area contributed by atoms with Crippen LogP contribution in [0.1, 0.15) is 30.4 Å². The highest BCUT2D eigenvalue weighted by Crippen LogP contribution is 2.28. The summed E-state index contributed by atoms with van der Waals surface area (Å²) in [6.45, 7) is 1.77. The average molecular weight is 481 g/mol. The smallest absolute Gasteiger partial charge is 0.158 e. The van der Waals surface area contributed by atoms with E-state index in [1.165, 1.54) is 0 Å². The van der Waals surface area contributed by atoms with Gasteiger partial charge in [-0.3, -0.25) is 4.98 Å². The van der Waals surface area contributed by atoms with E-state index in [-0.39, 0.29) is 6.29 Å². The van der Waals surface area contributed by atoms with Crippen LogP contribution >= 0.6 is 15.9 Å². The number of fused-ring (bicyclic) bond motifs is 1. The summed E-state index contributed by atoms with van der Waals surface area (Å²) in [6.07, 6.45) is 4.86. The first-order chi connectivity index (χ1) is 15.2. The number of aromatic nitrogens is 1. The van der Waals surface area contributed by atoms with Gasteiger partial charge < -0.3 is 19.5 Å². The molecule has 0 aliphatic carbocycles. The van der Waals surface area contributed by atoms with Crippen molar-refractivity contribution in [2.75, 3.05) is 25.6 Å². The quantitative estimate of drug-likeness (QED) is 0.471. The van der Waals surface area contributed by atoms with Gasteiger partial charge >= 0.3 is 0 Å². The van der Waals surface area contributed by atoms with E-state index in [2.05, 4.69) is 56.3 Å². The molecule has 1 aromatic heterocycles. The van der Waals surface area contributed by atoms with Gasteiger partial charge in [-0.15, -0.1) is 0 Å². The van der Waals surface area contributed by atoms with Gasteiger partial charge in [-0.1, -0.05) is 39.9 Å². The number of hydrogen-bond acceptors (Lipinski definition) is 5. The van der Waals surface area contributed by atoms with Crippen LogP contribution in [0.25, 0.3) is 10.9 Å². The van der Waals surface area contributed by atoms with Crippen LogP contribution in [0.15, 0.2) is 53.1 Å². The van der Waals surface area contributed by atoms with Gasteiger partial charge in [0.25, 0.3) is 0 Å². The fraction of sp³-hybridized carbons (Fsp3) is 0.320. The predicted molar refractivity (Wildman–Crippen MR) is 126 cm³/mol. The Kier molecular flexibility index (Phi) is 7.42. The topological polar surface area (TPSA) is 52.6 Å². The predicted octanol–water partition coefficient (Wildman–Crippen LogP) is 5.51. The Balaban J connectivity index is 1.54. The zero-order valence-corrected chi connectivity index (χ0v) is 19.1. The highest BCUT2D eigenvalue weighted by atomic mass is 79.9. The standard InChI is InChI=1S/C25H25BrN2O3/c1-29-21-10-7-18(8-11-21)16-28-25-19(5-4-14-31-24-6-2-3-13-30-24)17-27-23-15-20(26)9-12-22(23)25/h7-12,15,17,24H,2-3,6,13-14,16H2,1H3,(H,27,28). The summed E-state index contributed by atoms with van der Waals surface area (Å²) < 4.78 is 17.6. The second kappa shape index (κ2) is 10.6. The highest BCUT2D eigenvalue weighted by Gasteiger charge is 2.13. The third-order valence-corrected chi connectivity index (χ3v) is 5.66. The number of halogens is 1. The molecular weight excluding hydrogens is 456 g/mol. The first-order valence-electron chi connectivity index (χ1n) is 10.4. The molecule has 5 nitrogen and oxygen atoms in total. The maximum atomic E-state index is 5.74. The maximum Gasteiger partial charge on any atom is 0.158 e. The van der Waals surface area contributed by atoms with Gasteiger partial charge in [0.1, 0.15) is 12.4 Å². The monoisotopic (exact) mass is 480 g/mol. The maximum absolute atomic E-state index is 5.74. The molecule has 160 valence electrons. The van der Waals surface area contributed by atoms with Crippen LogP contribution in [-0.2, 0) is 16.0 Å². The largest absolute Gasteiger partial charge is 0.497 e. The number of methoxy groups -OCH3 is 1. The van der Waals surface area contributed by atoms with E-state index in [9.17, 15) is 0 Å². The number of nitrogens with zero attached hydrogens (tertiary/aromatic N) is 1. The van der Waals surface area contributed by atoms with E-state index in [0.29, 0.717) is 13.2 Å². The molecule has 4 rings (SSSR count). The molecule has 2 heterocycles. The Bertz CT molecular complexity index is 1080. The van der Waals surface area contributed by atoms with Gasteiger partial charge in [0.2, 0.25) is 0 Å². The van der Waals surface area contributed by atoms with Gasteiger partial charge in [0.05, 0.1) is 23.9 Å². The van der Waals surface area contributed by atoms with E-state index < -0.39 is 0 Å². The molecule has 0 radical (unpaired) electrons. The number of hydrogen-bond donors (Lipinski definition) is 1. The Hall–Kier alpha value is -2.59. The first kappa shape index (κ1) is 21.6. The lowest BCUT2D eigenvalue weighted by Gasteiger charge is -2.21. The zero-order valence-electron chi connectivity index (χ0n) is 17.5. The number of rotatable bonds is 6. The molecule has 1 fully saturated rings. The third-order valence-electron chi connectivity index (χ3n) is 5.16. The minimum absolute atomic E-state index is 0.136. The van der Waals surface area contributed by atoms with Crippen molar-refractivity contribution in [2.24, 2.45) is 0 Å². The molecule has 1 N–H and O–H groups in total. The summed E-state index contributed by atoms with van der Waals surface area (Å²) >= 11 is 3.53. The van der Waals surface area contributed by atoms with Crippen molar-refractivity contribution in [2.45, 2.75) is 32.1 Å². The second-order valence-corrected chi connectivity index (χ2v) is 8.23. The van der Waals surface area contributed by atoms with Crippen molar-refractivity contribution in [3.8, 4) is 17.6 Å². The fourth-order valence-corrected chi connectivity index (χ4v) is 3.84. The van der Waals surface area contributed by atoms with Crippen molar-refractivity contribution < 1.29 is 14.2 Å². The van der Waals surface area contributed by atoms with E-state index >= 15 is 0 Å². The molecule has 0 amide bonds. The number of ether oxygens (including phenoxy) is 3. The minimum Gasteiger partial charge on any atom is -0.497 e. The lowest BCUT2D eigenvalue weighted by atomic mass is 10.1. The number of nitrogens with one attached hydrogen (secondary N) is 1.